The van der Waals surface area contributed by atoms with Crippen LogP contribution in [0.1, 0.15) is 44.1 Å². The maximum Gasteiger partial charge on any atom is 0.0947 e. The van der Waals surface area contributed by atoms with Crippen molar-refractivity contribution in [3.63, 3.8) is 0 Å². The van der Waals surface area contributed by atoms with Crippen LogP contribution in [0.3, 0.4) is 0 Å². The van der Waals surface area contributed by atoms with E-state index in [2.05, 4.69) is 5.32 Å². The van der Waals surface area contributed by atoms with Crippen LogP contribution in [0.25, 0.3) is 0 Å². The molecule has 16 heavy (non-hydrogen) atoms. The van der Waals surface area contributed by atoms with Crippen LogP contribution in [0.15, 0.2) is 23.0 Å². The van der Waals surface area contributed by atoms with Gasteiger partial charge < -0.3 is 9.73 Å². The minimum atomic E-state index is 0.790. The van der Waals surface area contributed by atoms with E-state index < -0.39 is 0 Å². The van der Waals surface area contributed by atoms with E-state index in [0.717, 1.165) is 24.4 Å². The van der Waals surface area contributed by atoms with E-state index in [1.54, 1.807) is 6.26 Å². The number of hydrogen-bond donors (Lipinski definition) is 1. The Bertz CT molecular complexity index is 313. The minimum absolute atomic E-state index is 0.790. The van der Waals surface area contributed by atoms with Crippen molar-refractivity contribution in [2.45, 2.75) is 51.1 Å². The van der Waals surface area contributed by atoms with Crippen molar-refractivity contribution in [2.24, 2.45) is 11.8 Å². The van der Waals surface area contributed by atoms with Crippen molar-refractivity contribution >= 4 is 0 Å². The first-order chi connectivity index (χ1) is 7.93. The summed E-state index contributed by atoms with van der Waals surface area (Å²) < 4.78 is 5.07. The van der Waals surface area contributed by atoms with E-state index >= 15 is 0 Å². The standard InChI is InChI=1S/C14H21NO/c1-2-4-12(5-3-1)13-8-14(13)15-9-11-6-7-16-10-11/h6-7,10,12-15H,1-5,8-9H2. The number of nitrogens with one attached hydrogen (secondary N) is 1. The molecule has 2 fully saturated rings. The Morgan fingerprint density at radius 1 is 1.25 bits per heavy atom. The summed E-state index contributed by atoms with van der Waals surface area (Å²) in [5.41, 5.74) is 1.27. The summed E-state index contributed by atoms with van der Waals surface area (Å²) in [4.78, 5) is 0. The molecular formula is C14H21NO. The van der Waals surface area contributed by atoms with E-state index in [1.807, 2.05) is 12.3 Å². The Morgan fingerprint density at radius 2 is 2.12 bits per heavy atom. The van der Waals surface area contributed by atoms with Gasteiger partial charge in [-0.05, 0) is 24.3 Å². The number of furan rings is 1. The molecule has 2 nitrogen and oxygen atoms in total. The van der Waals surface area contributed by atoms with Crippen molar-refractivity contribution < 1.29 is 4.42 Å². The van der Waals surface area contributed by atoms with E-state index in [9.17, 15) is 0 Å². The molecule has 1 heterocycles. The highest BCUT2D eigenvalue weighted by Crippen LogP contribution is 2.44. The van der Waals surface area contributed by atoms with Gasteiger partial charge in [-0.3, -0.25) is 0 Å². The topological polar surface area (TPSA) is 25.2 Å². The van der Waals surface area contributed by atoms with Crippen LogP contribution in [0.4, 0.5) is 0 Å². The van der Waals surface area contributed by atoms with Crippen molar-refractivity contribution in [3.8, 4) is 0 Å². The fraction of sp³-hybridized carbons (Fsp3) is 0.714. The quantitative estimate of drug-likeness (QED) is 0.840. The molecule has 88 valence electrons. The van der Waals surface area contributed by atoms with Gasteiger partial charge >= 0.3 is 0 Å². The highest BCUT2D eigenvalue weighted by atomic mass is 16.3. The summed E-state index contributed by atoms with van der Waals surface area (Å²) in [7, 11) is 0. The Hall–Kier alpha value is -0.760. The second kappa shape index (κ2) is 4.62. The average Bonchev–Trinajstić information content (AvgIpc) is 2.93. The van der Waals surface area contributed by atoms with Crippen molar-refractivity contribution in [1.29, 1.82) is 0 Å². The smallest absolute Gasteiger partial charge is 0.0947 e. The molecule has 0 aromatic carbocycles. The molecule has 1 aromatic heterocycles. The van der Waals surface area contributed by atoms with Gasteiger partial charge in [0.1, 0.15) is 0 Å². The van der Waals surface area contributed by atoms with Crippen LogP contribution in [0, 0.1) is 11.8 Å². The molecule has 1 N–H and O–H groups in total. The maximum atomic E-state index is 5.07. The third-order valence-corrected chi connectivity index (χ3v) is 4.24. The zero-order valence-corrected chi connectivity index (χ0v) is 9.82. The predicted molar refractivity (Wildman–Crippen MR) is 64.0 cm³/mol. The first-order valence-corrected chi connectivity index (χ1v) is 6.68. The largest absolute Gasteiger partial charge is 0.472 e. The summed E-state index contributed by atoms with van der Waals surface area (Å²) in [6, 6.07) is 2.84. The molecule has 2 saturated carbocycles. The monoisotopic (exact) mass is 219 g/mol. The van der Waals surface area contributed by atoms with Gasteiger partial charge in [0.25, 0.3) is 0 Å². The van der Waals surface area contributed by atoms with Gasteiger partial charge in [0.05, 0.1) is 12.5 Å². The summed E-state index contributed by atoms with van der Waals surface area (Å²) in [5, 5.41) is 3.65. The molecule has 2 atom stereocenters. The summed E-state index contributed by atoms with van der Waals surface area (Å²) >= 11 is 0. The molecule has 0 spiro atoms. The molecular weight excluding hydrogens is 198 g/mol. The third kappa shape index (κ3) is 2.32. The molecule has 0 radical (unpaired) electrons. The van der Waals surface area contributed by atoms with E-state index in [-0.39, 0.29) is 0 Å². The summed E-state index contributed by atoms with van der Waals surface area (Å²) in [6.45, 7) is 0.977. The molecule has 0 bridgehead atoms. The van der Waals surface area contributed by atoms with Gasteiger partial charge in [0.2, 0.25) is 0 Å². The molecule has 2 aliphatic rings. The van der Waals surface area contributed by atoms with Gasteiger partial charge in [0, 0.05) is 18.2 Å². The highest BCUT2D eigenvalue weighted by molar-refractivity contribution is 5.07. The van der Waals surface area contributed by atoms with Gasteiger partial charge in [-0.15, -0.1) is 0 Å². The third-order valence-electron chi connectivity index (χ3n) is 4.24. The van der Waals surface area contributed by atoms with Crippen molar-refractivity contribution in [1.82, 2.24) is 5.32 Å². The average molecular weight is 219 g/mol. The first kappa shape index (κ1) is 10.4. The molecule has 0 aliphatic heterocycles. The number of rotatable bonds is 4. The Balaban J connectivity index is 1.42. The molecule has 2 unspecified atom stereocenters. The minimum Gasteiger partial charge on any atom is -0.472 e. The molecule has 3 rings (SSSR count). The zero-order valence-electron chi connectivity index (χ0n) is 9.82. The molecule has 0 amide bonds. The summed E-state index contributed by atoms with van der Waals surface area (Å²) in [6.07, 6.45) is 12.4. The Labute approximate surface area is 97.4 Å². The van der Waals surface area contributed by atoms with Crippen LogP contribution >= 0.6 is 0 Å². The van der Waals surface area contributed by atoms with Crippen LogP contribution in [-0.2, 0) is 6.54 Å². The lowest BCUT2D eigenvalue weighted by atomic mass is 9.85. The lowest BCUT2D eigenvalue weighted by Gasteiger charge is -2.21. The van der Waals surface area contributed by atoms with Gasteiger partial charge in [-0.2, -0.15) is 0 Å². The fourth-order valence-electron chi connectivity index (χ4n) is 3.17. The van der Waals surface area contributed by atoms with Crippen LogP contribution in [0.5, 0.6) is 0 Å². The number of hydrogen-bond acceptors (Lipinski definition) is 2. The molecule has 2 heteroatoms. The van der Waals surface area contributed by atoms with Gasteiger partial charge in [-0.1, -0.05) is 32.1 Å². The van der Waals surface area contributed by atoms with Crippen LogP contribution in [0.2, 0.25) is 0 Å². The zero-order chi connectivity index (χ0) is 10.8. The lowest BCUT2D eigenvalue weighted by molar-refractivity contribution is 0.312. The Kier molecular flexibility index (Phi) is 3.00. The predicted octanol–water partition coefficient (Wildman–Crippen LogP) is 3.34. The fourth-order valence-corrected chi connectivity index (χ4v) is 3.17. The van der Waals surface area contributed by atoms with Crippen molar-refractivity contribution in [2.75, 3.05) is 0 Å². The van der Waals surface area contributed by atoms with Crippen molar-refractivity contribution in [3.05, 3.63) is 24.2 Å². The van der Waals surface area contributed by atoms with E-state index in [0.29, 0.717) is 0 Å². The Morgan fingerprint density at radius 3 is 2.88 bits per heavy atom. The van der Waals surface area contributed by atoms with Gasteiger partial charge in [-0.25, -0.2) is 0 Å². The highest BCUT2D eigenvalue weighted by Gasteiger charge is 2.42. The van der Waals surface area contributed by atoms with E-state index in [1.165, 1.54) is 44.1 Å². The van der Waals surface area contributed by atoms with Crippen LogP contribution < -0.4 is 5.32 Å². The first-order valence-electron chi connectivity index (χ1n) is 6.68. The van der Waals surface area contributed by atoms with Crippen LogP contribution in [-0.4, -0.2) is 6.04 Å². The van der Waals surface area contributed by atoms with E-state index in [4.69, 9.17) is 4.42 Å². The SMILES string of the molecule is c1cc(CNC2CC2C2CCCCC2)co1. The van der Waals surface area contributed by atoms with Gasteiger partial charge in [0.15, 0.2) is 0 Å². The lowest BCUT2D eigenvalue weighted by Crippen LogP contribution is -2.20. The normalized spacial score (nSPS) is 30.5. The molecule has 2 aliphatic carbocycles. The molecule has 1 aromatic rings. The maximum absolute atomic E-state index is 5.07. The second-order valence-corrected chi connectivity index (χ2v) is 5.42. The molecule has 0 saturated heterocycles. The summed E-state index contributed by atoms with van der Waals surface area (Å²) in [5.74, 6) is 2.00. The second-order valence-electron chi connectivity index (χ2n) is 5.42.